The first-order valence-electron chi connectivity index (χ1n) is 9.08. The van der Waals surface area contributed by atoms with E-state index in [1.165, 1.54) is 0 Å². The number of benzene rings is 1. The highest BCUT2D eigenvalue weighted by atomic mass is 16.5. The van der Waals surface area contributed by atoms with Crippen molar-refractivity contribution in [2.45, 2.75) is 57.6 Å². The molecule has 3 rings (SSSR count). The normalized spacial score (nSPS) is 19.4. The molecule has 0 unspecified atom stereocenters. The summed E-state index contributed by atoms with van der Waals surface area (Å²) < 4.78 is 5.07. The summed E-state index contributed by atoms with van der Waals surface area (Å²) in [5, 5.41) is 14.5. The first-order chi connectivity index (χ1) is 12.1. The van der Waals surface area contributed by atoms with E-state index in [0.717, 1.165) is 43.6 Å². The molecule has 0 aliphatic carbocycles. The molecule has 1 aliphatic heterocycles. The van der Waals surface area contributed by atoms with Gasteiger partial charge in [0.1, 0.15) is 5.76 Å². The Bertz CT molecular complexity index is 683. The van der Waals surface area contributed by atoms with Crippen LogP contribution < -0.4 is 0 Å². The Labute approximate surface area is 148 Å². The topological polar surface area (TPSA) is 66.6 Å². The molecule has 1 amide bonds. The van der Waals surface area contributed by atoms with Gasteiger partial charge in [-0.1, -0.05) is 48.3 Å². The van der Waals surface area contributed by atoms with Crippen LogP contribution in [0, 0.1) is 6.92 Å². The Morgan fingerprint density at radius 2 is 2.12 bits per heavy atom. The number of aryl methyl sites for hydroxylation is 1. The van der Waals surface area contributed by atoms with E-state index < -0.39 is 6.10 Å². The fourth-order valence-electron chi connectivity index (χ4n) is 3.58. The lowest BCUT2D eigenvalue weighted by Crippen LogP contribution is -2.41. The van der Waals surface area contributed by atoms with Crippen LogP contribution in [0.5, 0.6) is 0 Å². The van der Waals surface area contributed by atoms with Crippen LogP contribution in [0.1, 0.15) is 55.2 Å². The molecule has 1 N–H and O–H groups in total. The second kappa shape index (κ2) is 8.30. The molecule has 0 spiro atoms. The molecule has 25 heavy (non-hydrogen) atoms. The minimum absolute atomic E-state index is 0.0678. The van der Waals surface area contributed by atoms with Crippen LogP contribution in [0.15, 0.2) is 40.9 Å². The zero-order chi connectivity index (χ0) is 17.6. The van der Waals surface area contributed by atoms with Crippen molar-refractivity contribution >= 4 is 5.91 Å². The number of aliphatic hydroxyl groups is 1. The first kappa shape index (κ1) is 17.7. The molecule has 5 nitrogen and oxygen atoms in total. The minimum Gasteiger partial charge on any atom is -0.388 e. The van der Waals surface area contributed by atoms with Crippen LogP contribution in [0.4, 0.5) is 0 Å². The third-order valence-corrected chi connectivity index (χ3v) is 4.89. The number of likely N-dealkylation sites (tertiary alicyclic amines) is 1. The quantitative estimate of drug-likeness (QED) is 0.904. The molecular weight excluding hydrogens is 316 g/mol. The highest BCUT2D eigenvalue weighted by Gasteiger charge is 2.28. The lowest BCUT2D eigenvalue weighted by molar-refractivity contribution is -0.133. The predicted molar refractivity (Wildman–Crippen MR) is 94.9 cm³/mol. The van der Waals surface area contributed by atoms with Crippen LogP contribution in [0.25, 0.3) is 0 Å². The Kier molecular flexibility index (Phi) is 5.87. The number of hydrogen-bond donors (Lipinski definition) is 1. The minimum atomic E-state index is -0.547. The largest absolute Gasteiger partial charge is 0.388 e. The van der Waals surface area contributed by atoms with E-state index >= 15 is 0 Å². The summed E-state index contributed by atoms with van der Waals surface area (Å²) in [6, 6.07) is 11.6. The maximum atomic E-state index is 12.8. The van der Waals surface area contributed by atoms with Crippen molar-refractivity contribution in [1.82, 2.24) is 10.1 Å². The number of hydrogen-bond acceptors (Lipinski definition) is 4. The van der Waals surface area contributed by atoms with Crippen molar-refractivity contribution in [3.63, 3.8) is 0 Å². The molecule has 2 aromatic rings. The van der Waals surface area contributed by atoms with Gasteiger partial charge in [0.25, 0.3) is 0 Å². The fourth-order valence-corrected chi connectivity index (χ4v) is 3.58. The second-order valence-electron chi connectivity index (χ2n) is 6.86. The summed E-state index contributed by atoms with van der Waals surface area (Å²) >= 11 is 0. The average molecular weight is 342 g/mol. The lowest BCUT2D eigenvalue weighted by Gasteiger charge is -2.31. The van der Waals surface area contributed by atoms with E-state index in [1.807, 2.05) is 48.2 Å². The average Bonchev–Trinajstić information content (AvgIpc) is 2.88. The van der Waals surface area contributed by atoms with Crippen LogP contribution in [-0.2, 0) is 11.2 Å². The smallest absolute Gasteiger partial charge is 0.228 e. The maximum Gasteiger partial charge on any atom is 0.228 e. The maximum absolute atomic E-state index is 12.8. The molecule has 2 heterocycles. The SMILES string of the molecule is Cc1cc(CC(=O)N2CCCCC[C@H]2C[C@H](O)c2ccccc2)no1. The van der Waals surface area contributed by atoms with Crippen molar-refractivity contribution in [3.05, 3.63) is 53.4 Å². The van der Waals surface area contributed by atoms with Crippen molar-refractivity contribution in [3.8, 4) is 0 Å². The van der Waals surface area contributed by atoms with E-state index in [9.17, 15) is 9.90 Å². The van der Waals surface area contributed by atoms with Gasteiger partial charge in [-0.25, -0.2) is 0 Å². The zero-order valence-electron chi connectivity index (χ0n) is 14.7. The summed E-state index contributed by atoms with van der Waals surface area (Å²) in [4.78, 5) is 14.8. The monoisotopic (exact) mass is 342 g/mol. The molecule has 0 bridgehead atoms. The number of carbonyl (C=O) groups is 1. The van der Waals surface area contributed by atoms with Gasteiger partial charge >= 0.3 is 0 Å². The van der Waals surface area contributed by atoms with E-state index in [-0.39, 0.29) is 18.4 Å². The summed E-state index contributed by atoms with van der Waals surface area (Å²) in [7, 11) is 0. The van der Waals surface area contributed by atoms with Gasteiger partial charge in [-0.15, -0.1) is 0 Å². The molecule has 0 radical (unpaired) electrons. The molecule has 1 fully saturated rings. The highest BCUT2D eigenvalue weighted by molar-refractivity contribution is 5.78. The van der Waals surface area contributed by atoms with Crippen LogP contribution in [0.2, 0.25) is 0 Å². The van der Waals surface area contributed by atoms with Gasteiger partial charge in [-0.3, -0.25) is 4.79 Å². The molecule has 1 aromatic carbocycles. The molecule has 134 valence electrons. The van der Waals surface area contributed by atoms with Gasteiger partial charge in [0.2, 0.25) is 5.91 Å². The van der Waals surface area contributed by atoms with Gasteiger partial charge in [0.05, 0.1) is 18.2 Å². The zero-order valence-corrected chi connectivity index (χ0v) is 14.7. The molecule has 0 saturated carbocycles. The van der Waals surface area contributed by atoms with Crippen molar-refractivity contribution in [2.24, 2.45) is 0 Å². The van der Waals surface area contributed by atoms with E-state index in [2.05, 4.69) is 5.16 Å². The van der Waals surface area contributed by atoms with Crippen molar-refractivity contribution < 1.29 is 14.4 Å². The van der Waals surface area contributed by atoms with Crippen molar-refractivity contribution in [2.75, 3.05) is 6.54 Å². The number of carbonyl (C=O) groups excluding carboxylic acids is 1. The number of aliphatic hydroxyl groups excluding tert-OH is 1. The number of nitrogens with zero attached hydrogens (tertiary/aromatic N) is 2. The Balaban J connectivity index is 1.69. The summed E-state index contributed by atoms with van der Waals surface area (Å²) in [6.45, 7) is 2.58. The highest BCUT2D eigenvalue weighted by Crippen LogP contribution is 2.27. The lowest BCUT2D eigenvalue weighted by atomic mass is 9.98. The Morgan fingerprint density at radius 1 is 1.32 bits per heavy atom. The van der Waals surface area contributed by atoms with Gasteiger partial charge < -0.3 is 14.5 Å². The molecule has 1 saturated heterocycles. The molecule has 5 heteroatoms. The van der Waals surface area contributed by atoms with E-state index in [4.69, 9.17) is 4.52 Å². The summed E-state index contributed by atoms with van der Waals surface area (Å²) in [5.74, 6) is 0.787. The molecule has 1 aliphatic rings. The molecule has 1 aromatic heterocycles. The van der Waals surface area contributed by atoms with Gasteiger partial charge in [-0.2, -0.15) is 0 Å². The van der Waals surface area contributed by atoms with Crippen LogP contribution in [-0.4, -0.2) is 33.7 Å². The summed E-state index contributed by atoms with van der Waals surface area (Å²) in [5.41, 5.74) is 1.58. The molecular formula is C20H26N2O3. The van der Waals surface area contributed by atoms with E-state index in [1.54, 1.807) is 0 Å². The standard InChI is InChI=1S/C20H26N2O3/c1-15-12-17(21-25-15)13-20(24)22-11-7-3-6-10-18(22)14-19(23)16-8-4-2-5-9-16/h2,4-5,8-9,12,18-19,23H,3,6-7,10-11,13-14H2,1H3/t18-,19-/m0/s1. The van der Waals surface area contributed by atoms with Crippen LogP contribution in [0.3, 0.4) is 0 Å². The second-order valence-corrected chi connectivity index (χ2v) is 6.86. The van der Waals surface area contributed by atoms with Gasteiger partial charge in [-0.05, 0) is 31.7 Å². The van der Waals surface area contributed by atoms with Gasteiger partial charge in [0, 0.05) is 18.7 Å². The third kappa shape index (κ3) is 4.69. The number of rotatable bonds is 5. The van der Waals surface area contributed by atoms with Crippen LogP contribution >= 0.6 is 0 Å². The number of aromatic nitrogens is 1. The Morgan fingerprint density at radius 3 is 2.84 bits per heavy atom. The molecule has 2 atom stereocenters. The summed E-state index contributed by atoms with van der Waals surface area (Å²) in [6.07, 6.45) is 4.47. The first-order valence-corrected chi connectivity index (χ1v) is 9.08. The van der Waals surface area contributed by atoms with Gasteiger partial charge in [0.15, 0.2) is 0 Å². The fraction of sp³-hybridized carbons (Fsp3) is 0.500. The third-order valence-electron chi connectivity index (χ3n) is 4.89. The number of amides is 1. The predicted octanol–water partition coefficient (Wildman–Crippen LogP) is 3.42. The van der Waals surface area contributed by atoms with Crippen molar-refractivity contribution in [1.29, 1.82) is 0 Å². The van der Waals surface area contributed by atoms with E-state index in [0.29, 0.717) is 12.1 Å². The Hall–Kier alpha value is -2.14.